The monoisotopic (exact) mass is 304 g/mol. The Balaban J connectivity index is 1.59. The number of ether oxygens (including phenoxy) is 1. The van der Waals surface area contributed by atoms with E-state index in [1.165, 1.54) is 18.6 Å². The molecule has 1 aliphatic carbocycles. The highest BCUT2D eigenvalue weighted by atomic mass is 19.1. The quantitative estimate of drug-likeness (QED) is 0.901. The molecule has 118 valence electrons. The first-order valence-corrected chi connectivity index (χ1v) is 7.79. The summed E-state index contributed by atoms with van der Waals surface area (Å²) in [5, 5.41) is 2.87. The molecule has 1 heterocycles. The molecule has 1 aliphatic heterocycles. The molecule has 0 unspecified atom stereocenters. The number of nitrogens with one attached hydrogen (secondary N) is 1. The van der Waals surface area contributed by atoms with Gasteiger partial charge in [-0.1, -0.05) is 19.3 Å². The van der Waals surface area contributed by atoms with Gasteiger partial charge in [0.1, 0.15) is 11.6 Å². The summed E-state index contributed by atoms with van der Waals surface area (Å²) in [6.45, 7) is 0.461. The highest BCUT2D eigenvalue weighted by Gasteiger charge is 2.28. The second-order valence-corrected chi connectivity index (χ2v) is 6.23. The summed E-state index contributed by atoms with van der Waals surface area (Å²) >= 11 is 0. The number of nitrogens with two attached hydrogens (primary N) is 1. The predicted molar refractivity (Wildman–Crippen MR) is 81.8 cm³/mol. The van der Waals surface area contributed by atoms with Crippen LogP contribution < -0.4 is 15.8 Å². The molecule has 0 aromatic heterocycles. The molecule has 5 heteroatoms. The summed E-state index contributed by atoms with van der Waals surface area (Å²) < 4.78 is 18.7. The van der Waals surface area contributed by atoms with E-state index in [9.17, 15) is 9.18 Å². The van der Waals surface area contributed by atoms with Crippen LogP contribution in [-0.2, 0) is 11.2 Å². The maximum atomic E-state index is 13.1. The lowest BCUT2D eigenvalue weighted by molar-refractivity contribution is -0.119. The number of fused-ring (bicyclic) bond motifs is 1. The van der Waals surface area contributed by atoms with E-state index in [1.807, 2.05) is 0 Å². The smallest absolute Gasteiger partial charge is 0.286 e. The Bertz CT molecular complexity index is 607. The van der Waals surface area contributed by atoms with Gasteiger partial charge in [-0.25, -0.2) is 4.39 Å². The maximum absolute atomic E-state index is 13.1. The third-order valence-corrected chi connectivity index (χ3v) is 4.42. The first kappa shape index (κ1) is 15.0. The average Bonchev–Trinajstić information content (AvgIpc) is 2.53. The van der Waals surface area contributed by atoms with Crippen molar-refractivity contribution in [2.75, 3.05) is 6.54 Å². The van der Waals surface area contributed by atoms with Crippen LogP contribution in [-0.4, -0.2) is 18.0 Å². The third-order valence-electron chi connectivity index (χ3n) is 4.42. The Morgan fingerprint density at radius 3 is 2.86 bits per heavy atom. The fourth-order valence-electron chi connectivity index (χ4n) is 3.09. The van der Waals surface area contributed by atoms with Crippen molar-refractivity contribution in [3.05, 3.63) is 41.4 Å². The Morgan fingerprint density at radius 2 is 2.09 bits per heavy atom. The zero-order valence-electron chi connectivity index (χ0n) is 12.5. The number of carbonyl (C=O) groups excluding carboxylic acids is 1. The number of benzene rings is 1. The number of rotatable bonds is 3. The van der Waals surface area contributed by atoms with E-state index in [4.69, 9.17) is 10.5 Å². The van der Waals surface area contributed by atoms with Crippen LogP contribution in [0.4, 0.5) is 4.39 Å². The van der Waals surface area contributed by atoms with Crippen molar-refractivity contribution < 1.29 is 13.9 Å². The SMILES string of the molecule is NC1(CNC(=O)C2=CCc3cc(F)ccc3O2)CCCCC1. The standard InChI is InChI=1S/C17H21FN2O2/c18-13-5-7-14-12(10-13)4-6-15(22-14)16(21)20-11-17(19)8-2-1-3-9-17/h5-7,10H,1-4,8-9,11,19H2,(H,20,21). The van der Waals surface area contributed by atoms with Crippen LogP contribution in [0.15, 0.2) is 30.0 Å². The molecule has 3 N–H and O–H groups in total. The fraction of sp³-hybridized carbons (Fsp3) is 0.471. The van der Waals surface area contributed by atoms with E-state index in [0.717, 1.165) is 31.2 Å². The molecular weight excluding hydrogens is 283 g/mol. The molecule has 4 nitrogen and oxygen atoms in total. The number of carbonyl (C=O) groups is 1. The molecule has 3 rings (SSSR count). The van der Waals surface area contributed by atoms with Gasteiger partial charge in [-0.3, -0.25) is 4.79 Å². The number of hydrogen-bond acceptors (Lipinski definition) is 3. The lowest BCUT2D eigenvalue weighted by Gasteiger charge is -2.33. The van der Waals surface area contributed by atoms with Crippen LogP contribution >= 0.6 is 0 Å². The van der Waals surface area contributed by atoms with Gasteiger partial charge in [-0.2, -0.15) is 0 Å². The van der Waals surface area contributed by atoms with Gasteiger partial charge in [-0.15, -0.1) is 0 Å². The number of halogens is 1. The van der Waals surface area contributed by atoms with Gasteiger partial charge < -0.3 is 15.8 Å². The molecule has 0 bridgehead atoms. The zero-order chi connectivity index (χ0) is 15.6. The van der Waals surface area contributed by atoms with Gasteiger partial charge in [-0.05, 0) is 43.5 Å². The fourth-order valence-corrected chi connectivity index (χ4v) is 3.09. The second-order valence-electron chi connectivity index (χ2n) is 6.23. The van der Waals surface area contributed by atoms with E-state index in [-0.39, 0.29) is 23.0 Å². The zero-order valence-corrected chi connectivity index (χ0v) is 12.5. The molecule has 0 atom stereocenters. The second kappa shape index (κ2) is 6.08. The van der Waals surface area contributed by atoms with E-state index in [0.29, 0.717) is 18.7 Å². The van der Waals surface area contributed by atoms with Gasteiger partial charge in [0, 0.05) is 17.6 Å². The van der Waals surface area contributed by atoms with E-state index < -0.39 is 0 Å². The van der Waals surface area contributed by atoms with Gasteiger partial charge in [0.25, 0.3) is 5.91 Å². The molecule has 0 saturated heterocycles. The van der Waals surface area contributed by atoms with Crippen molar-refractivity contribution in [3.8, 4) is 5.75 Å². The third kappa shape index (κ3) is 3.30. The summed E-state index contributed by atoms with van der Waals surface area (Å²) in [4.78, 5) is 12.2. The van der Waals surface area contributed by atoms with Crippen molar-refractivity contribution in [1.29, 1.82) is 0 Å². The summed E-state index contributed by atoms with van der Waals surface area (Å²) in [6, 6.07) is 4.31. The van der Waals surface area contributed by atoms with Crippen molar-refractivity contribution in [2.24, 2.45) is 5.73 Å². The largest absolute Gasteiger partial charge is 0.452 e. The first-order chi connectivity index (χ1) is 10.6. The van der Waals surface area contributed by atoms with E-state index in [1.54, 1.807) is 12.1 Å². The average molecular weight is 304 g/mol. The first-order valence-electron chi connectivity index (χ1n) is 7.79. The van der Waals surface area contributed by atoms with Gasteiger partial charge in [0.15, 0.2) is 5.76 Å². The van der Waals surface area contributed by atoms with Crippen molar-refractivity contribution in [2.45, 2.75) is 44.1 Å². The van der Waals surface area contributed by atoms with Crippen molar-refractivity contribution >= 4 is 5.91 Å². The molecule has 0 radical (unpaired) electrons. The molecule has 0 spiro atoms. The van der Waals surface area contributed by atoms with Crippen LogP contribution in [0.5, 0.6) is 5.75 Å². The molecule has 1 saturated carbocycles. The number of amides is 1. The highest BCUT2D eigenvalue weighted by molar-refractivity contribution is 5.92. The van der Waals surface area contributed by atoms with E-state index >= 15 is 0 Å². The summed E-state index contributed by atoms with van der Waals surface area (Å²) in [6.07, 6.45) is 7.50. The van der Waals surface area contributed by atoms with E-state index in [2.05, 4.69) is 5.32 Å². The summed E-state index contributed by atoms with van der Waals surface area (Å²) in [5.74, 6) is 0.240. The van der Waals surface area contributed by atoms with Crippen LogP contribution in [0.3, 0.4) is 0 Å². The van der Waals surface area contributed by atoms with Crippen LogP contribution in [0.1, 0.15) is 37.7 Å². The van der Waals surface area contributed by atoms with Crippen LogP contribution in [0, 0.1) is 5.82 Å². The predicted octanol–water partition coefficient (Wildman–Crippen LogP) is 2.42. The van der Waals surface area contributed by atoms with Crippen LogP contribution in [0.25, 0.3) is 0 Å². The van der Waals surface area contributed by atoms with Gasteiger partial charge in [0.2, 0.25) is 0 Å². The lowest BCUT2D eigenvalue weighted by Crippen LogP contribution is -2.51. The summed E-state index contributed by atoms with van der Waals surface area (Å²) in [7, 11) is 0. The minimum atomic E-state index is -0.301. The normalized spacial score (nSPS) is 19.6. The molecule has 1 fully saturated rings. The minimum absolute atomic E-state index is 0.259. The molecule has 1 aromatic carbocycles. The highest BCUT2D eigenvalue weighted by Crippen LogP contribution is 2.28. The molecule has 2 aliphatic rings. The topological polar surface area (TPSA) is 64.3 Å². The van der Waals surface area contributed by atoms with Crippen molar-refractivity contribution in [3.63, 3.8) is 0 Å². The van der Waals surface area contributed by atoms with Crippen LogP contribution in [0.2, 0.25) is 0 Å². The number of allylic oxidation sites excluding steroid dienone is 1. The Morgan fingerprint density at radius 1 is 1.32 bits per heavy atom. The Labute approximate surface area is 129 Å². The molecule has 1 aromatic rings. The molecular formula is C17H21FN2O2. The molecule has 1 amide bonds. The van der Waals surface area contributed by atoms with Gasteiger partial charge in [0.05, 0.1) is 0 Å². The van der Waals surface area contributed by atoms with Gasteiger partial charge >= 0.3 is 0 Å². The molecule has 22 heavy (non-hydrogen) atoms. The number of hydrogen-bond donors (Lipinski definition) is 2. The minimum Gasteiger partial charge on any atom is -0.452 e. The Kier molecular flexibility index (Phi) is 4.16. The van der Waals surface area contributed by atoms with Crippen molar-refractivity contribution in [1.82, 2.24) is 5.32 Å². The Hall–Kier alpha value is -1.88. The summed E-state index contributed by atoms with van der Waals surface area (Å²) in [5.41, 5.74) is 6.76. The maximum Gasteiger partial charge on any atom is 0.286 e. The lowest BCUT2D eigenvalue weighted by atomic mass is 9.82.